The third-order valence-electron chi connectivity index (χ3n) is 2.36. The van der Waals surface area contributed by atoms with Crippen molar-refractivity contribution in [1.29, 1.82) is 0 Å². The highest BCUT2D eigenvalue weighted by Crippen LogP contribution is 2.25. The molecule has 1 saturated carbocycles. The first-order valence-corrected chi connectivity index (χ1v) is 4.45. The van der Waals surface area contributed by atoms with Gasteiger partial charge in [-0.25, -0.2) is 0 Å². The molecule has 0 saturated heterocycles. The molecule has 1 heteroatoms. The molecule has 1 nitrogen and oxygen atoms in total. The summed E-state index contributed by atoms with van der Waals surface area (Å²) in [6, 6.07) is 0. The number of hydrogen-bond acceptors (Lipinski definition) is 1. The molecule has 1 aliphatic carbocycles. The molecule has 0 amide bonds. The van der Waals surface area contributed by atoms with Crippen LogP contribution in [0.1, 0.15) is 38.5 Å². The minimum Gasteiger partial charge on any atom is -0.300 e. The standard InChI is InChI=1S/C10H16O/c1-2-3-5-9-6-4-7-10(11)8-9/h2,9H,1,3-8H2. The molecule has 1 aliphatic rings. The van der Waals surface area contributed by atoms with Crippen LogP contribution in [0, 0.1) is 5.92 Å². The monoisotopic (exact) mass is 152 g/mol. The first kappa shape index (κ1) is 8.51. The molecule has 0 aromatic heterocycles. The predicted molar refractivity (Wildman–Crippen MR) is 46.4 cm³/mol. The second-order valence-electron chi connectivity index (χ2n) is 3.37. The minimum atomic E-state index is 0.463. The van der Waals surface area contributed by atoms with Crippen LogP contribution >= 0.6 is 0 Å². The van der Waals surface area contributed by atoms with Gasteiger partial charge >= 0.3 is 0 Å². The summed E-state index contributed by atoms with van der Waals surface area (Å²) in [6.07, 6.45) is 8.19. The highest BCUT2D eigenvalue weighted by Gasteiger charge is 2.17. The van der Waals surface area contributed by atoms with E-state index >= 15 is 0 Å². The van der Waals surface area contributed by atoms with E-state index in [2.05, 4.69) is 6.58 Å². The van der Waals surface area contributed by atoms with Crippen LogP contribution in [-0.4, -0.2) is 5.78 Å². The van der Waals surface area contributed by atoms with Gasteiger partial charge in [0.05, 0.1) is 0 Å². The second-order valence-corrected chi connectivity index (χ2v) is 3.37. The van der Waals surface area contributed by atoms with Crippen LogP contribution in [0.2, 0.25) is 0 Å². The fourth-order valence-corrected chi connectivity index (χ4v) is 1.71. The molecule has 1 rings (SSSR count). The Hall–Kier alpha value is -0.590. The molecule has 0 aliphatic heterocycles. The van der Waals surface area contributed by atoms with Gasteiger partial charge in [0.1, 0.15) is 5.78 Å². The number of ketones is 1. The molecule has 0 aromatic carbocycles. The minimum absolute atomic E-state index is 0.463. The normalized spacial score (nSPS) is 25.1. The molecular weight excluding hydrogens is 136 g/mol. The fourth-order valence-electron chi connectivity index (χ4n) is 1.71. The summed E-state index contributed by atoms with van der Waals surface area (Å²) >= 11 is 0. The van der Waals surface area contributed by atoms with E-state index in [0.717, 1.165) is 32.1 Å². The maximum atomic E-state index is 11.0. The third kappa shape index (κ3) is 2.87. The summed E-state index contributed by atoms with van der Waals surface area (Å²) in [6.45, 7) is 3.68. The van der Waals surface area contributed by atoms with Gasteiger partial charge in [0.25, 0.3) is 0 Å². The van der Waals surface area contributed by atoms with Crippen LogP contribution in [0.25, 0.3) is 0 Å². The Morgan fingerprint density at radius 1 is 1.64 bits per heavy atom. The van der Waals surface area contributed by atoms with Crippen LogP contribution in [0.4, 0.5) is 0 Å². The van der Waals surface area contributed by atoms with Crippen LogP contribution in [0.3, 0.4) is 0 Å². The van der Waals surface area contributed by atoms with E-state index < -0.39 is 0 Å². The predicted octanol–water partition coefficient (Wildman–Crippen LogP) is 2.71. The van der Waals surface area contributed by atoms with Crippen molar-refractivity contribution in [3.63, 3.8) is 0 Å². The van der Waals surface area contributed by atoms with Crippen molar-refractivity contribution in [3.05, 3.63) is 12.7 Å². The van der Waals surface area contributed by atoms with E-state index in [-0.39, 0.29) is 0 Å². The molecule has 0 aromatic rings. The topological polar surface area (TPSA) is 17.1 Å². The van der Waals surface area contributed by atoms with Gasteiger partial charge < -0.3 is 0 Å². The van der Waals surface area contributed by atoms with Gasteiger partial charge in [0.15, 0.2) is 0 Å². The Morgan fingerprint density at radius 3 is 3.09 bits per heavy atom. The third-order valence-corrected chi connectivity index (χ3v) is 2.36. The number of carbonyl (C=O) groups excluding carboxylic acids is 1. The number of hydrogen-bond donors (Lipinski definition) is 0. The quantitative estimate of drug-likeness (QED) is 0.568. The number of rotatable bonds is 3. The lowest BCUT2D eigenvalue weighted by molar-refractivity contribution is -0.121. The average Bonchev–Trinajstić information content (AvgIpc) is 2.01. The summed E-state index contributed by atoms with van der Waals surface area (Å²) < 4.78 is 0. The molecule has 1 unspecified atom stereocenters. The molecule has 0 bridgehead atoms. The summed E-state index contributed by atoms with van der Waals surface area (Å²) in [4.78, 5) is 11.0. The molecule has 0 N–H and O–H groups in total. The summed E-state index contributed by atoms with van der Waals surface area (Å²) in [7, 11) is 0. The lowest BCUT2D eigenvalue weighted by Gasteiger charge is -2.19. The first-order chi connectivity index (χ1) is 5.33. The first-order valence-electron chi connectivity index (χ1n) is 4.45. The zero-order chi connectivity index (χ0) is 8.10. The molecule has 0 heterocycles. The van der Waals surface area contributed by atoms with Crippen molar-refractivity contribution in [1.82, 2.24) is 0 Å². The van der Waals surface area contributed by atoms with Gasteiger partial charge in [-0.2, -0.15) is 0 Å². The number of allylic oxidation sites excluding steroid dienone is 1. The summed E-state index contributed by atoms with van der Waals surface area (Å²) in [5, 5.41) is 0. The van der Waals surface area contributed by atoms with Gasteiger partial charge in [0.2, 0.25) is 0 Å². The molecule has 0 spiro atoms. The van der Waals surface area contributed by atoms with Crippen LogP contribution in [0.15, 0.2) is 12.7 Å². The number of carbonyl (C=O) groups is 1. The fraction of sp³-hybridized carbons (Fsp3) is 0.700. The van der Waals surface area contributed by atoms with Crippen LogP contribution in [0.5, 0.6) is 0 Å². The Balaban J connectivity index is 2.22. The zero-order valence-electron chi connectivity index (χ0n) is 7.01. The largest absolute Gasteiger partial charge is 0.300 e. The van der Waals surface area contributed by atoms with Gasteiger partial charge in [-0.3, -0.25) is 4.79 Å². The Bertz CT molecular complexity index is 149. The highest BCUT2D eigenvalue weighted by molar-refractivity contribution is 5.79. The van der Waals surface area contributed by atoms with Crippen molar-refractivity contribution in [2.24, 2.45) is 5.92 Å². The second kappa shape index (κ2) is 4.32. The maximum absolute atomic E-state index is 11.0. The molecular formula is C10H16O. The lowest BCUT2D eigenvalue weighted by atomic mass is 9.85. The van der Waals surface area contributed by atoms with Crippen molar-refractivity contribution in [3.8, 4) is 0 Å². The lowest BCUT2D eigenvalue weighted by Crippen LogP contribution is -2.14. The van der Waals surface area contributed by atoms with Crippen LogP contribution < -0.4 is 0 Å². The Morgan fingerprint density at radius 2 is 2.45 bits per heavy atom. The van der Waals surface area contributed by atoms with E-state index in [1.54, 1.807) is 0 Å². The molecule has 11 heavy (non-hydrogen) atoms. The van der Waals surface area contributed by atoms with E-state index in [1.165, 1.54) is 6.42 Å². The molecule has 1 fully saturated rings. The zero-order valence-corrected chi connectivity index (χ0v) is 7.01. The van der Waals surface area contributed by atoms with Crippen molar-refractivity contribution < 1.29 is 4.79 Å². The Labute approximate surface area is 68.5 Å². The van der Waals surface area contributed by atoms with Gasteiger partial charge in [-0.15, -0.1) is 6.58 Å². The smallest absolute Gasteiger partial charge is 0.133 e. The van der Waals surface area contributed by atoms with Crippen molar-refractivity contribution in [2.45, 2.75) is 38.5 Å². The Kier molecular flexibility index (Phi) is 3.34. The molecule has 1 atom stereocenters. The van der Waals surface area contributed by atoms with Gasteiger partial charge in [-0.1, -0.05) is 6.08 Å². The number of Topliss-reactive ketones (excluding diaryl/α,β-unsaturated/α-hetero) is 1. The van der Waals surface area contributed by atoms with E-state index in [1.807, 2.05) is 6.08 Å². The van der Waals surface area contributed by atoms with E-state index in [9.17, 15) is 4.79 Å². The van der Waals surface area contributed by atoms with Crippen molar-refractivity contribution >= 4 is 5.78 Å². The van der Waals surface area contributed by atoms with Gasteiger partial charge in [-0.05, 0) is 31.6 Å². The maximum Gasteiger partial charge on any atom is 0.133 e. The average molecular weight is 152 g/mol. The van der Waals surface area contributed by atoms with Crippen molar-refractivity contribution in [2.75, 3.05) is 0 Å². The van der Waals surface area contributed by atoms with Gasteiger partial charge in [0, 0.05) is 12.8 Å². The van der Waals surface area contributed by atoms with Crippen LogP contribution in [-0.2, 0) is 4.79 Å². The van der Waals surface area contributed by atoms with E-state index in [0.29, 0.717) is 11.7 Å². The molecule has 62 valence electrons. The SMILES string of the molecule is C=CCCC1CCCC(=O)C1. The summed E-state index contributed by atoms with van der Waals surface area (Å²) in [5.74, 6) is 1.12. The summed E-state index contributed by atoms with van der Waals surface area (Å²) in [5.41, 5.74) is 0. The highest BCUT2D eigenvalue weighted by atomic mass is 16.1. The van der Waals surface area contributed by atoms with E-state index in [4.69, 9.17) is 0 Å². The molecule has 0 radical (unpaired) electrons.